The fraction of sp³-hybridized carbons (Fsp3) is 0.500. The molecule has 4 nitrogen and oxygen atoms in total. The minimum Gasteiger partial charge on any atom is -0.381 e. The van der Waals surface area contributed by atoms with Crippen molar-refractivity contribution in [3.8, 4) is 0 Å². The number of ether oxygens (including phenoxy) is 1. The van der Waals surface area contributed by atoms with Crippen molar-refractivity contribution >= 4 is 18.3 Å². The summed E-state index contributed by atoms with van der Waals surface area (Å²) < 4.78 is 18.6. The highest BCUT2D eigenvalue weighted by molar-refractivity contribution is 5.86. The Kier molecular flexibility index (Phi) is 6.39. The van der Waals surface area contributed by atoms with Crippen molar-refractivity contribution in [3.05, 3.63) is 35.6 Å². The van der Waals surface area contributed by atoms with Crippen LogP contribution in [0.1, 0.15) is 18.4 Å². The summed E-state index contributed by atoms with van der Waals surface area (Å²) in [5.41, 5.74) is 5.80. The molecule has 0 unspecified atom stereocenters. The number of hydrogen-bond donors (Lipinski definition) is 2. The van der Waals surface area contributed by atoms with Gasteiger partial charge in [0.25, 0.3) is 0 Å². The zero-order chi connectivity index (χ0) is 13.7. The van der Waals surface area contributed by atoms with Crippen molar-refractivity contribution in [2.45, 2.75) is 24.8 Å². The molecular weight excluding hydrogens is 283 g/mol. The van der Waals surface area contributed by atoms with Crippen LogP contribution in [0.25, 0.3) is 0 Å². The summed E-state index contributed by atoms with van der Waals surface area (Å²) in [4.78, 5) is 12.0. The first-order valence-corrected chi connectivity index (χ1v) is 6.50. The number of benzene rings is 1. The summed E-state index contributed by atoms with van der Waals surface area (Å²) in [5.74, 6) is -0.419. The monoisotopic (exact) mass is 302 g/mol. The van der Waals surface area contributed by atoms with Crippen molar-refractivity contribution in [2.75, 3.05) is 19.8 Å². The minimum absolute atomic E-state index is 0. The van der Waals surface area contributed by atoms with Gasteiger partial charge in [0.1, 0.15) is 5.82 Å². The molecule has 1 saturated heterocycles. The molecule has 0 atom stereocenters. The third-order valence-corrected chi connectivity index (χ3v) is 3.47. The van der Waals surface area contributed by atoms with Gasteiger partial charge in [-0.15, -0.1) is 12.4 Å². The summed E-state index contributed by atoms with van der Waals surface area (Å²) >= 11 is 0. The SMILES string of the molecule is Cl.NC1(C(=O)NCCc2ccccc2F)CCOCC1. The summed E-state index contributed by atoms with van der Waals surface area (Å²) in [6, 6.07) is 6.56. The molecule has 1 aliphatic rings. The lowest BCUT2D eigenvalue weighted by molar-refractivity contribution is -0.129. The highest BCUT2D eigenvalue weighted by Gasteiger charge is 2.35. The average molecular weight is 303 g/mol. The molecule has 112 valence electrons. The summed E-state index contributed by atoms with van der Waals surface area (Å²) in [5, 5.41) is 2.78. The minimum atomic E-state index is -0.840. The van der Waals surface area contributed by atoms with E-state index in [1.807, 2.05) is 0 Å². The Bertz CT molecular complexity index is 451. The fourth-order valence-electron chi connectivity index (χ4n) is 2.15. The van der Waals surface area contributed by atoms with E-state index in [1.165, 1.54) is 6.07 Å². The van der Waals surface area contributed by atoms with Crippen LogP contribution in [-0.2, 0) is 16.0 Å². The third kappa shape index (κ3) is 4.16. The highest BCUT2D eigenvalue weighted by Crippen LogP contribution is 2.17. The Morgan fingerprint density at radius 3 is 2.65 bits per heavy atom. The van der Waals surface area contributed by atoms with E-state index in [1.54, 1.807) is 18.2 Å². The molecule has 1 heterocycles. The van der Waals surface area contributed by atoms with E-state index in [0.717, 1.165) is 0 Å². The van der Waals surface area contributed by atoms with Gasteiger partial charge in [0.05, 0.1) is 5.54 Å². The van der Waals surface area contributed by atoms with Crippen LogP contribution in [0.2, 0.25) is 0 Å². The lowest BCUT2D eigenvalue weighted by atomic mass is 9.90. The second-order valence-electron chi connectivity index (χ2n) is 4.87. The van der Waals surface area contributed by atoms with Crippen molar-refractivity contribution < 1.29 is 13.9 Å². The third-order valence-electron chi connectivity index (χ3n) is 3.47. The van der Waals surface area contributed by atoms with Crippen LogP contribution in [0.5, 0.6) is 0 Å². The van der Waals surface area contributed by atoms with Gasteiger partial charge in [-0.05, 0) is 30.9 Å². The van der Waals surface area contributed by atoms with E-state index in [0.29, 0.717) is 44.6 Å². The first-order valence-electron chi connectivity index (χ1n) is 6.50. The molecule has 2 rings (SSSR count). The van der Waals surface area contributed by atoms with Gasteiger partial charge in [0.15, 0.2) is 0 Å². The van der Waals surface area contributed by atoms with Gasteiger partial charge in [-0.25, -0.2) is 4.39 Å². The van der Waals surface area contributed by atoms with Crippen LogP contribution >= 0.6 is 12.4 Å². The number of rotatable bonds is 4. The van der Waals surface area contributed by atoms with Crippen LogP contribution in [0.3, 0.4) is 0 Å². The fourth-order valence-corrected chi connectivity index (χ4v) is 2.15. The molecule has 0 spiro atoms. The predicted octanol–water partition coefficient (Wildman–Crippen LogP) is 1.41. The van der Waals surface area contributed by atoms with E-state index in [9.17, 15) is 9.18 Å². The molecule has 1 amide bonds. The summed E-state index contributed by atoms with van der Waals surface area (Å²) in [6.07, 6.45) is 1.52. The smallest absolute Gasteiger partial charge is 0.240 e. The van der Waals surface area contributed by atoms with E-state index in [2.05, 4.69) is 5.32 Å². The van der Waals surface area contributed by atoms with E-state index < -0.39 is 5.54 Å². The van der Waals surface area contributed by atoms with Crippen LogP contribution in [0.4, 0.5) is 4.39 Å². The Morgan fingerprint density at radius 2 is 2.00 bits per heavy atom. The van der Waals surface area contributed by atoms with Gasteiger partial charge < -0.3 is 15.8 Å². The molecule has 0 saturated carbocycles. The van der Waals surface area contributed by atoms with Gasteiger partial charge in [-0.3, -0.25) is 4.79 Å². The van der Waals surface area contributed by atoms with Gasteiger partial charge in [-0.2, -0.15) is 0 Å². The molecule has 1 aromatic rings. The van der Waals surface area contributed by atoms with E-state index >= 15 is 0 Å². The second-order valence-corrected chi connectivity index (χ2v) is 4.87. The number of carbonyl (C=O) groups excluding carboxylic acids is 1. The average Bonchev–Trinajstić information content (AvgIpc) is 2.41. The molecule has 0 aromatic heterocycles. The molecule has 1 aromatic carbocycles. The summed E-state index contributed by atoms with van der Waals surface area (Å²) in [7, 11) is 0. The van der Waals surface area contributed by atoms with Crippen LogP contribution < -0.4 is 11.1 Å². The zero-order valence-electron chi connectivity index (χ0n) is 11.2. The molecule has 6 heteroatoms. The second kappa shape index (κ2) is 7.57. The van der Waals surface area contributed by atoms with E-state index in [4.69, 9.17) is 10.5 Å². The van der Waals surface area contributed by atoms with E-state index in [-0.39, 0.29) is 24.1 Å². The van der Waals surface area contributed by atoms with Crippen molar-refractivity contribution in [1.82, 2.24) is 5.32 Å². The van der Waals surface area contributed by atoms with Crippen molar-refractivity contribution in [1.29, 1.82) is 0 Å². The Balaban J connectivity index is 0.00000200. The molecule has 20 heavy (non-hydrogen) atoms. The van der Waals surface area contributed by atoms with Crippen LogP contribution in [0, 0.1) is 5.82 Å². The number of hydrogen-bond acceptors (Lipinski definition) is 3. The molecule has 1 aliphatic heterocycles. The number of halogens is 2. The number of amides is 1. The highest BCUT2D eigenvalue weighted by atomic mass is 35.5. The van der Waals surface area contributed by atoms with Crippen LogP contribution in [-0.4, -0.2) is 31.2 Å². The number of nitrogens with one attached hydrogen (secondary N) is 1. The van der Waals surface area contributed by atoms with Gasteiger partial charge in [-0.1, -0.05) is 18.2 Å². The maximum Gasteiger partial charge on any atom is 0.240 e. The number of carbonyl (C=O) groups is 1. The molecule has 0 aliphatic carbocycles. The Morgan fingerprint density at radius 1 is 1.35 bits per heavy atom. The molecule has 0 radical (unpaired) electrons. The standard InChI is InChI=1S/C14H19FN2O2.ClH/c15-12-4-2-1-3-11(12)5-8-17-13(18)14(16)6-9-19-10-7-14;/h1-4H,5-10,16H2,(H,17,18);1H. The predicted molar refractivity (Wildman–Crippen MR) is 77.3 cm³/mol. The molecule has 1 fully saturated rings. The molecular formula is C14H20ClFN2O2. The number of nitrogens with two attached hydrogens (primary N) is 1. The van der Waals surface area contributed by atoms with Gasteiger partial charge >= 0.3 is 0 Å². The maximum absolute atomic E-state index is 13.4. The maximum atomic E-state index is 13.4. The first-order chi connectivity index (χ1) is 9.12. The largest absolute Gasteiger partial charge is 0.381 e. The Labute approximate surface area is 124 Å². The first kappa shape index (κ1) is 16.9. The quantitative estimate of drug-likeness (QED) is 0.884. The zero-order valence-corrected chi connectivity index (χ0v) is 12.0. The van der Waals surface area contributed by atoms with Gasteiger partial charge in [0.2, 0.25) is 5.91 Å². The van der Waals surface area contributed by atoms with Gasteiger partial charge in [0, 0.05) is 19.8 Å². The lowest BCUT2D eigenvalue weighted by Gasteiger charge is -2.31. The van der Waals surface area contributed by atoms with Crippen molar-refractivity contribution in [2.24, 2.45) is 5.73 Å². The van der Waals surface area contributed by atoms with Crippen molar-refractivity contribution in [3.63, 3.8) is 0 Å². The molecule has 0 bridgehead atoms. The normalized spacial score (nSPS) is 17.1. The summed E-state index contributed by atoms with van der Waals surface area (Å²) in [6.45, 7) is 1.41. The van der Waals surface area contributed by atoms with Crippen LogP contribution in [0.15, 0.2) is 24.3 Å². The Hall–Kier alpha value is -1.17. The topological polar surface area (TPSA) is 64.4 Å². The molecule has 3 N–H and O–H groups in total. The lowest BCUT2D eigenvalue weighted by Crippen LogP contribution is -2.57.